The Balaban J connectivity index is 0.00000171. The fourth-order valence-corrected chi connectivity index (χ4v) is 5.66. The molecule has 33 heavy (non-hydrogen) atoms. The van der Waals surface area contributed by atoms with Crippen LogP contribution in [0.5, 0.6) is 0 Å². The third kappa shape index (κ3) is 5.39. The highest BCUT2D eigenvalue weighted by molar-refractivity contribution is 5.67. The summed E-state index contributed by atoms with van der Waals surface area (Å²) in [5.74, 6) is 1.53. The largest absolute Gasteiger partial charge is 0.192 e. The first kappa shape index (κ1) is 22.0. The summed E-state index contributed by atoms with van der Waals surface area (Å²) in [4.78, 5) is 0. The lowest BCUT2D eigenvalue weighted by Gasteiger charge is -2.25. The van der Waals surface area contributed by atoms with Gasteiger partial charge in [-0.05, 0) is 77.0 Å². The SMILES string of the molecule is N#Cc1cc(-c2cccc(Cc3ccc(C4CCCCCC4)cc3)c2)ccc1CC1CCC1.[HH].[HH]. The molecule has 3 aromatic rings. The number of nitrogens with zero attached hydrogens (tertiary/aromatic N) is 1. The van der Waals surface area contributed by atoms with Gasteiger partial charge in [0.2, 0.25) is 0 Å². The zero-order chi connectivity index (χ0) is 22.5. The molecule has 3 aromatic carbocycles. The summed E-state index contributed by atoms with van der Waals surface area (Å²) in [6.07, 6.45) is 14.3. The van der Waals surface area contributed by atoms with E-state index in [1.54, 1.807) is 0 Å². The molecule has 0 N–H and O–H groups in total. The van der Waals surface area contributed by atoms with Crippen molar-refractivity contribution < 1.29 is 2.85 Å². The molecule has 0 aliphatic heterocycles. The number of benzene rings is 3. The smallest absolute Gasteiger partial charge is 0.0994 e. The fourth-order valence-electron chi connectivity index (χ4n) is 5.66. The first-order chi connectivity index (χ1) is 16.3. The molecule has 0 spiro atoms. The molecule has 0 bridgehead atoms. The quantitative estimate of drug-likeness (QED) is 0.353. The van der Waals surface area contributed by atoms with E-state index in [1.165, 1.54) is 85.6 Å². The van der Waals surface area contributed by atoms with Crippen molar-refractivity contribution in [3.8, 4) is 17.2 Å². The van der Waals surface area contributed by atoms with Gasteiger partial charge in [-0.25, -0.2) is 0 Å². The maximum absolute atomic E-state index is 9.72. The Kier molecular flexibility index (Phi) is 6.92. The molecule has 0 atom stereocenters. The van der Waals surface area contributed by atoms with Gasteiger partial charge in [-0.2, -0.15) is 5.26 Å². The lowest BCUT2D eigenvalue weighted by molar-refractivity contribution is 0.314. The first-order valence-corrected chi connectivity index (χ1v) is 13.0. The van der Waals surface area contributed by atoms with Crippen LogP contribution in [-0.2, 0) is 12.8 Å². The van der Waals surface area contributed by atoms with E-state index < -0.39 is 0 Å². The van der Waals surface area contributed by atoms with Crippen molar-refractivity contribution in [2.45, 2.75) is 76.5 Å². The normalized spacial score (nSPS) is 17.2. The van der Waals surface area contributed by atoms with Crippen LogP contribution in [0.4, 0.5) is 0 Å². The standard InChI is InChI=1S/C32H35N.2H2/c33-23-32-22-31(18-17-30(32)20-24-7-5-8-24)29-12-6-9-26(21-29)19-25-13-15-28(16-14-25)27-10-3-1-2-4-11-27;;/h6,9,12-18,21-22,24,27H,1-5,7-8,10-11,19-20H2;2*1H. The molecule has 0 heterocycles. The van der Waals surface area contributed by atoms with E-state index >= 15 is 0 Å². The summed E-state index contributed by atoms with van der Waals surface area (Å²) in [6, 6.07) is 27.2. The predicted octanol–water partition coefficient (Wildman–Crippen LogP) is 9.09. The van der Waals surface area contributed by atoms with Crippen molar-refractivity contribution in [2.24, 2.45) is 5.92 Å². The summed E-state index contributed by atoms with van der Waals surface area (Å²) in [5, 5.41) is 9.72. The second kappa shape index (κ2) is 10.4. The number of rotatable bonds is 6. The molecule has 5 rings (SSSR count). The third-order valence-corrected chi connectivity index (χ3v) is 7.94. The van der Waals surface area contributed by atoms with Gasteiger partial charge < -0.3 is 0 Å². The fraction of sp³-hybridized carbons (Fsp3) is 0.406. The van der Waals surface area contributed by atoms with Crippen LogP contribution in [0.25, 0.3) is 11.1 Å². The monoisotopic (exact) mass is 437 g/mol. The minimum atomic E-state index is 0. The van der Waals surface area contributed by atoms with Crippen LogP contribution in [0, 0.1) is 17.2 Å². The zero-order valence-electron chi connectivity index (χ0n) is 19.7. The molecule has 0 saturated heterocycles. The second-order valence-electron chi connectivity index (χ2n) is 10.3. The lowest BCUT2D eigenvalue weighted by atomic mass is 9.80. The lowest BCUT2D eigenvalue weighted by Crippen LogP contribution is -2.14. The Morgan fingerprint density at radius 1 is 0.727 bits per heavy atom. The molecule has 2 fully saturated rings. The maximum Gasteiger partial charge on any atom is 0.0994 e. The predicted molar refractivity (Wildman–Crippen MR) is 142 cm³/mol. The van der Waals surface area contributed by atoms with Crippen molar-refractivity contribution >= 4 is 0 Å². The van der Waals surface area contributed by atoms with E-state index in [0.29, 0.717) is 0 Å². The van der Waals surface area contributed by atoms with Crippen LogP contribution in [0.15, 0.2) is 66.7 Å². The molecule has 0 radical (unpaired) electrons. The summed E-state index contributed by atoms with van der Waals surface area (Å²) in [5.41, 5.74) is 8.64. The van der Waals surface area contributed by atoms with Crippen LogP contribution in [0.2, 0.25) is 0 Å². The van der Waals surface area contributed by atoms with Gasteiger partial charge in [0.25, 0.3) is 0 Å². The molecular formula is C32H39N. The Labute approximate surface area is 202 Å². The summed E-state index contributed by atoms with van der Waals surface area (Å²) < 4.78 is 0. The minimum absolute atomic E-state index is 0. The molecule has 2 aliphatic rings. The average Bonchev–Trinajstić information content (AvgIpc) is 3.12. The first-order valence-electron chi connectivity index (χ1n) is 13.0. The number of hydrogen-bond acceptors (Lipinski definition) is 1. The van der Waals surface area contributed by atoms with E-state index in [0.717, 1.165) is 35.8 Å². The van der Waals surface area contributed by atoms with Crippen molar-refractivity contribution in [2.75, 3.05) is 0 Å². The minimum Gasteiger partial charge on any atom is -0.192 e. The van der Waals surface area contributed by atoms with Crippen LogP contribution in [-0.4, -0.2) is 0 Å². The highest BCUT2D eigenvalue weighted by Gasteiger charge is 2.19. The highest BCUT2D eigenvalue weighted by atomic mass is 14.3. The van der Waals surface area contributed by atoms with Crippen LogP contribution in [0.1, 0.15) is 94.4 Å². The van der Waals surface area contributed by atoms with Crippen molar-refractivity contribution in [1.29, 1.82) is 5.26 Å². The Bertz CT molecular complexity index is 1120. The summed E-state index contributed by atoms with van der Waals surface area (Å²) in [6.45, 7) is 0. The van der Waals surface area contributed by atoms with Crippen molar-refractivity contribution in [3.63, 3.8) is 0 Å². The van der Waals surface area contributed by atoms with Crippen molar-refractivity contribution in [1.82, 2.24) is 0 Å². The van der Waals surface area contributed by atoms with Crippen LogP contribution >= 0.6 is 0 Å². The van der Waals surface area contributed by atoms with Crippen LogP contribution in [0.3, 0.4) is 0 Å². The van der Waals surface area contributed by atoms with Crippen LogP contribution < -0.4 is 0 Å². The number of hydrogen-bond donors (Lipinski definition) is 0. The maximum atomic E-state index is 9.72. The van der Waals surface area contributed by atoms with Gasteiger partial charge >= 0.3 is 0 Å². The van der Waals surface area contributed by atoms with Gasteiger partial charge in [-0.3, -0.25) is 0 Å². The van der Waals surface area contributed by atoms with E-state index in [4.69, 9.17) is 0 Å². The second-order valence-corrected chi connectivity index (χ2v) is 10.3. The zero-order valence-corrected chi connectivity index (χ0v) is 19.7. The third-order valence-electron chi connectivity index (χ3n) is 7.94. The molecule has 1 nitrogen and oxygen atoms in total. The van der Waals surface area contributed by atoms with Gasteiger partial charge in [0, 0.05) is 2.85 Å². The van der Waals surface area contributed by atoms with Gasteiger partial charge in [0.1, 0.15) is 0 Å². The molecule has 2 saturated carbocycles. The van der Waals surface area contributed by atoms with Gasteiger partial charge in [-0.1, -0.05) is 106 Å². The molecule has 0 unspecified atom stereocenters. The van der Waals surface area contributed by atoms with E-state index in [9.17, 15) is 5.26 Å². The van der Waals surface area contributed by atoms with Gasteiger partial charge in [0.05, 0.1) is 11.6 Å². The average molecular weight is 438 g/mol. The molecule has 172 valence electrons. The molecule has 0 aromatic heterocycles. The van der Waals surface area contributed by atoms with Gasteiger partial charge in [-0.15, -0.1) is 0 Å². The Hall–Kier alpha value is -2.85. The highest BCUT2D eigenvalue weighted by Crippen LogP contribution is 2.33. The Morgan fingerprint density at radius 2 is 1.48 bits per heavy atom. The summed E-state index contributed by atoms with van der Waals surface area (Å²) in [7, 11) is 0. The number of nitriles is 1. The molecular weight excluding hydrogens is 398 g/mol. The Morgan fingerprint density at radius 3 is 2.18 bits per heavy atom. The molecule has 0 amide bonds. The van der Waals surface area contributed by atoms with E-state index in [-0.39, 0.29) is 2.85 Å². The molecule has 1 heteroatoms. The van der Waals surface area contributed by atoms with Crippen molar-refractivity contribution in [3.05, 3.63) is 94.5 Å². The molecule has 2 aliphatic carbocycles. The topological polar surface area (TPSA) is 23.8 Å². The van der Waals surface area contributed by atoms with E-state index in [2.05, 4.69) is 72.8 Å². The van der Waals surface area contributed by atoms with Gasteiger partial charge in [0.15, 0.2) is 0 Å². The van der Waals surface area contributed by atoms with E-state index in [1.807, 2.05) is 0 Å². The summed E-state index contributed by atoms with van der Waals surface area (Å²) >= 11 is 0.